The van der Waals surface area contributed by atoms with Crippen LogP contribution in [0.25, 0.3) is 0 Å². The Bertz CT molecular complexity index is 662. The van der Waals surface area contributed by atoms with Crippen molar-refractivity contribution in [2.75, 3.05) is 7.11 Å². The van der Waals surface area contributed by atoms with Gasteiger partial charge in [-0.05, 0) is 31.2 Å². The molecule has 0 heterocycles. The van der Waals surface area contributed by atoms with Crippen LogP contribution in [0.2, 0.25) is 0 Å². The second-order valence-corrected chi connectivity index (χ2v) is 4.35. The number of esters is 1. The monoisotopic (exact) mass is 285 g/mol. The first kappa shape index (κ1) is 14.6. The number of nitrogens with zero attached hydrogens (tertiary/aromatic N) is 1. The molecule has 0 spiro atoms. The molecule has 2 rings (SSSR count). The fourth-order valence-electron chi connectivity index (χ4n) is 1.79. The lowest BCUT2D eigenvalue weighted by Crippen LogP contribution is -2.17. The lowest BCUT2D eigenvalue weighted by Gasteiger charge is -2.11. The van der Waals surface area contributed by atoms with Crippen LogP contribution in [0.4, 0.5) is 0 Å². The van der Waals surface area contributed by atoms with Crippen molar-refractivity contribution in [3.8, 4) is 11.5 Å². The van der Waals surface area contributed by atoms with E-state index in [4.69, 9.17) is 9.94 Å². The standard InChI is InChI=1S/C16H15NO4/c1-11-7-9-12(10-8-11)21-14-6-4-3-5-13(14)15(17-19)16(18)20-2/h3-10,19H,1-2H3. The smallest absolute Gasteiger partial charge is 0.360 e. The predicted molar refractivity (Wildman–Crippen MR) is 78.0 cm³/mol. The van der Waals surface area contributed by atoms with Crippen molar-refractivity contribution in [1.82, 2.24) is 0 Å². The zero-order valence-corrected chi connectivity index (χ0v) is 11.7. The van der Waals surface area contributed by atoms with Gasteiger partial charge >= 0.3 is 5.97 Å². The van der Waals surface area contributed by atoms with Crippen LogP contribution in [-0.4, -0.2) is 24.0 Å². The fourth-order valence-corrected chi connectivity index (χ4v) is 1.79. The summed E-state index contributed by atoms with van der Waals surface area (Å²) in [7, 11) is 1.22. The average molecular weight is 285 g/mol. The van der Waals surface area contributed by atoms with E-state index in [2.05, 4.69) is 9.89 Å². The maximum Gasteiger partial charge on any atom is 0.360 e. The van der Waals surface area contributed by atoms with Crippen molar-refractivity contribution in [1.29, 1.82) is 0 Å². The van der Waals surface area contributed by atoms with E-state index in [-0.39, 0.29) is 5.71 Å². The van der Waals surface area contributed by atoms with Crippen LogP contribution >= 0.6 is 0 Å². The van der Waals surface area contributed by atoms with E-state index in [1.807, 2.05) is 31.2 Å². The van der Waals surface area contributed by atoms with E-state index in [1.54, 1.807) is 24.3 Å². The van der Waals surface area contributed by atoms with E-state index in [0.717, 1.165) is 5.56 Å². The molecular weight excluding hydrogens is 270 g/mol. The van der Waals surface area contributed by atoms with Gasteiger partial charge in [-0.1, -0.05) is 35.0 Å². The molecule has 1 N–H and O–H groups in total. The third-order valence-corrected chi connectivity index (χ3v) is 2.87. The molecule has 0 saturated carbocycles. The number of methoxy groups -OCH3 is 1. The van der Waals surface area contributed by atoms with E-state index >= 15 is 0 Å². The number of aryl methyl sites for hydroxylation is 1. The normalized spacial score (nSPS) is 11.0. The lowest BCUT2D eigenvalue weighted by atomic mass is 10.1. The number of benzene rings is 2. The Hall–Kier alpha value is -2.82. The van der Waals surface area contributed by atoms with Crippen molar-refractivity contribution in [3.05, 3.63) is 59.7 Å². The minimum Gasteiger partial charge on any atom is -0.464 e. The largest absolute Gasteiger partial charge is 0.464 e. The second-order valence-electron chi connectivity index (χ2n) is 4.35. The highest BCUT2D eigenvalue weighted by Crippen LogP contribution is 2.26. The summed E-state index contributed by atoms with van der Waals surface area (Å²) in [5.41, 5.74) is 1.26. The van der Waals surface area contributed by atoms with Crippen molar-refractivity contribution < 1.29 is 19.5 Å². The summed E-state index contributed by atoms with van der Waals surface area (Å²) in [6, 6.07) is 14.3. The van der Waals surface area contributed by atoms with Gasteiger partial charge in [0.2, 0.25) is 0 Å². The molecule has 0 aliphatic heterocycles. The molecule has 0 amide bonds. The van der Waals surface area contributed by atoms with E-state index in [1.165, 1.54) is 7.11 Å². The van der Waals surface area contributed by atoms with Crippen molar-refractivity contribution in [2.45, 2.75) is 6.92 Å². The van der Waals surface area contributed by atoms with Gasteiger partial charge in [0.1, 0.15) is 11.5 Å². The summed E-state index contributed by atoms with van der Waals surface area (Å²) in [6.07, 6.45) is 0. The molecule has 108 valence electrons. The van der Waals surface area contributed by atoms with Gasteiger partial charge in [0.05, 0.1) is 12.7 Å². The number of para-hydroxylation sites is 1. The molecule has 0 aliphatic carbocycles. The van der Waals surface area contributed by atoms with Crippen LogP contribution < -0.4 is 4.74 Å². The highest BCUT2D eigenvalue weighted by Gasteiger charge is 2.19. The Morgan fingerprint density at radius 2 is 1.76 bits per heavy atom. The summed E-state index contributed by atoms with van der Waals surface area (Å²) in [5, 5.41) is 12.0. The van der Waals surface area contributed by atoms with E-state index < -0.39 is 5.97 Å². The first-order valence-corrected chi connectivity index (χ1v) is 6.30. The number of carbonyl (C=O) groups excluding carboxylic acids is 1. The van der Waals surface area contributed by atoms with Gasteiger partial charge in [0, 0.05) is 0 Å². The molecular formula is C16H15NO4. The summed E-state index contributed by atoms with van der Waals surface area (Å²) >= 11 is 0. The molecule has 0 aliphatic rings. The molecule has 0 bridgehead atoms. The molecule has 2 aromatic carbocycles. The Morgan fingerprint density at radius 3 is 2.38 bits per heavy atom. The second kappa shape index (κ2) is 6.56. The van der Waals surface area contributed by atoms with Crippen LogP contribution in [0.3, 0.4) is 0 Å². The molecule has 2 aromatic rings. The molecule has 0 aromatic heterocycles. The third kappa shape index (κ3) is 3.39. The van der Waals surface area contributed by atoms with Crippen LogP contribution in [0.1, 0.15) is 11.1 Å². The van der Waals surface area contributed by atoms with Gasteiger partial charge in [-0.25, -0.2) is 4.79 Å². The molecule has 5 heteroatoms. The molecule has 0 radical (unpaired) electrons. The van der Waals surface area contributed by atoms with Crippen molar-refractivity contribution in [2.24, 2.45) is 5.16 Å². The van der Waals surface area contributed by atoms with Gasteiger partial charge in [-0.3, -0.25) is 0 Å². The maximum absolute atomic E-state index is 11.6. The average Bonchev–Trinajstić information content (AvgIpc) is 2.51. The molecule has 0 fully saturated rings. The summed E-state index contributed by atoms with van der Waals surface area (Å²) in [5.74, 6) is 0.284. The first-order valence-electron chi connectivity index (χ1n) is 6.30. The minimum atomic E-state index is -0.738. The summed E-state index contributed by atoms with van der Waals surface area (Å²) in [4.78, 5) is 11.6. The van der Waals surface area contributed by atoms with Crippen LogP contribution in [0.15, 0.2) is 53.7 Å². The van der Waals surface area contributed by atoms with Crippen LogP contribution in [-0.2, 0) is 9.53 Å². The Balaban J connectivity index is 2.37. The van der Waals surface area contributed by atoms with Gasteiger partial charge in [0.15, 0.2) is 5.71 Å². The molecule has 0 saturated heterocycles. The van der Waals surface area contributed by atoms with Crippen molar-refractivity contribution >= 4 is 11.7 Å². The highest BCUT2D eigenvalue weighted by molar-refractivity contribution is 6.43. The van der Waals surface area contributed by atoms with Gasteiger partial charge in [0.25, 0.3) is 0 Å². The number of carbonyl (C=O) groups is 1. The zero-order valence-electron chi connectivity index (χ0n) is 11.7. The van der Waals surface area contributed by atoms with Crippen LogP contribution in [0.5, 0.6) is 11.5 Å². The lowest BCUT2D eigenvalue weighted by molar-refractivity contribution is -0.132. The fraction of sp³-hybridized carbons (Fsp3) is 0.125. The SMILES string of the molecule is COC(=O)C(=NO)c1ccccc1Oc1ccc(C)cc1. The van der Waals surface area contributed by atoms with Crippen molar-refractivity contribution in [3.63, 3.8) is 0 Å². The Morgan fingerprint density at radius 1 is 1.10 bits per heavy atom. The quantitative estimate of drug-likeness (QED) is 0.405. The molecule has 21 heavy (non-hydrogen) atoms. The van der Waals surface area contributed by atoms with Gasteiger partial charge < -0.3 is 14.7 Å². The number of hydrogen-bond donors (Lipinski definition) is 1. The summed E-state index contributed by atoms with van der Waals surface area (Å²) in [6.45, 7) is 1.98. The number of oxime groups is 1. The highest BCUT2D eigenvalue weighted by atomic mass is 16.5. The molecule has 0 atom stereocenters. The zero-order chi connectivity index (χ0) is 15.2. The van der Waals surface area contributed by atoms with E-state index in [9.17, 15) is 4.79 Å². The minimum absolute atomic E-state index is 0.208. The van der Waals surface area contributed by atoms with E-state index in [0.29, 0.717) is 17.1 Å². The Kier molecular flexibility index (Phi) is 4.56. The number of ether oxygens (including phenoxy) is 2. The molecule has 0 unspecified atom stereocenters. The maximum atomic E-state index is 11.6. The van der Waals surface area contributed by atoms with Gasteiger partial charge in [-0.15, -0.1) is 0 Å². The first-order chi connectivity index (χ1) is 10.2. The topological polar surface area (TPSA) is 68.1 Å². The Labute approximate surface area is 122 Å². The molecule has 5 nitrogen and oxygen atoms in total. The van der Waals surface area contributed by atoms with Gasteiger partial charge in [-0.2, -0.15) is 0 Å². The summed E-state index contributed by atoms with van der Waals surface area (Å²) < 4.78 is 10.3. The number of hydrogen-bond acceptors (Lipinski definition) is 5. The van der Waals surface area contributed by atoms with Crippen LogP contribution in [0, 0.1) is 6.92 Å². The predicted octanol–water partition coefficient (Wildman–Crippen LogP) is 3.14. The third-order valence-electron chi connectivity index (χ3n) is 2.87. The number of rotatable bonds is 4.